The fraction of sp³-hybridized carbons (Fsp3) is 0.200. The summed E-state index contributed by atoms with van der Waals surface area (Å²) in [6.07, 6.45) is 1.02. The molecule has 2 aliphatic rings. The topological polar surface area (TPSA) is 29.3 Å². The maximum absolute atomic E-state index is 6.24. The third-order valence-corrected chi connectivity index (χ3v) is 4.85. The van der Waals surface area contributed by atoms with Gasteiger partial charge in [-0.3, -0.25) is 0 Å². The number of hydrogen-bond donors (Lipinski definition) is 1. The molecular weight excluding hydrogens is 240 g/mol. The van der Waals surface area contributed by atoms with Gasteiger partial charge in [0.15, 0.2) is 0 Å². The molecule has 2 aliphatic heterocycles. The van der Waals surface area contributed by atoms with Gasteiger partial charge in [-0.15, -0.1) is 0 Å². The number of benzene rings is 2. The van der Waals surface area contributed by atoms with E-state index in [4.69, 9.17) is 5.73 Å². The molecule has 0 saturated heterocycles. The Hall–Kier alpha value is -1.45. The highest BCUT2D eigenvalue weighted by atomic mass is 32.2. The molecule has 3 heteroatoms. The first-order chi connectivity index (χ1) is 8.84. The van der Waals surface area contributed by atoms with Crippen molar-refractivity contribution in [1.82, 2.24) is 0 Å². The van der Waals surface area contributed by atoms with Crippen molar-refractivity contribution in [3.8, 4) is 0 Å². The molecule has 1 atom stereocenters. The number of fused-ring (bicyclic) bond motifs is 2. The summed E-state index contributed by atoms with van der Waals surface area (Å²) >= 11 is 1.85. The molecule has 0 fully saturated rings. The second-order valence-corrected chi connectivity index (χ2v) is 5.89. The number of anilines is 2. The lowest BCUT2D eigenvalue weighted by molar-refractivity contribution is 0.618. The van der Waals surface area contributed by atoms with Gasteiger partial charge >= 0.3 is 0 Å². The highest BCUT2D eigenvalue weighted by Gasteiger charge is 2.30. The first-order valence-electron chi connectivity index (χ1n) is 6.27. The zero-order valence-electron chi connectivity index (χ0n) is 9.97. The van der Waals surface area contributed by atoms with E-state index >= 15 is 0 Å². The Balaban J connectivity index is 1.98. The van der Waals surface area contributed by atoms with Gasteiger partial charge in [0.1, 0.15) is 0 Å². The Morgan fingerprint density at radius 3 is 2.83 bits per heavy atom. The monoisotopic (exact) mass is 254 g/mol. The lowest BCUT2D eigenvalue weighted by Crippen LogP contribution is -2.32. The predicted octanol–water partition coefficient (Wildman–Crippen LogP) is 3.69. The van der Waals surface area contributed by atoms with Crippen molar-refractivity contribution < 1.29 is 0 Å². The van der Waals surface area contributed by atoms with Crippen molar-refractivity contribution in [2.75, 3.05) is 11.4 Å². The molecule has 2 aromatic rings. The van der Waals surface area contributed by atoms with Gasteiger partial charge in [0.2, 0.25) is 0 Å². The maximum Gasteiger partial charge on any atom is 0.0601 e. The molecule has 1 unspecified atom stereocenters. The van der Waals surface area contributed by atoms with Crippen LogP contribution < -0.4 is 10.6 Å². The van der Waals surface area contributed by atoms with E-state index in [1.54, 1.807) is 0 Å². The third kappa shape index (κ3) is 1.35. The minimum atomic E-state index is 0.182. The summed E-state index contributed by atoms with van der Waals surface area (Å²) in [4.78, 5) is 5.11. The zero-order valence-corrected chi connectivity index (χ0v) is 10.8. The summed E-state index contributed by atoms with van der Waals surface area (Å²) < 4.78 is 0. The van der Waals surface area contributed by atoms with Crippen LogP contribution in [0.1, 0.15) is 18.0 Å². The smallest absolute Gasteiger partial charge is 0.0601 e. The number of nitrogens with zero attached hydrogens (tertiary/aromatic N) is 1. The van der Waals surface area contributed by atoms with Crippen LogP contribution in [0.15, 0.2) is 52.3 Å². The average molecular weight is 254 g/mol. The number of para-hydroxylation sites is 2. The van der Waals surface area contributed by atoms with Crippen LogP contribution in [0, 0.1) is 0 Å². The van der Waals surface area contributed by atoms with Crippen LogP contribution in [0.25, 0.3) is 0 Å². The molecule has 2 heterocycles. The van der Waals surface area contributed by atoms with E-state index in [0.717, 1.165) is 13.0 Å². The predicted molar refractivity (Wildman–Crippen MR) is 75.6 cm³/mol. The summed E-state index contributed by atoms with van der Waals surface area (Å²) in [5.74, 6) is 0. The summed E-state index contributed by atoms with van der Waals surface area (Å²) in [5, 5.41) is 0. The summed E-state index contributed by atoms with van der Waals surface area (Å²) in [7, 11) is 0. The molecule has 2 aromatic carbocycles. The SMILES string of the molecule is NC1CCN2c3ccccc3Sc3cccc1c32. The molecule has 90 valence electrons. The minimum Gasteiger partial charge on any atom is -0.339 e. The highest BCUT2D eigenvalue weighted by Crippen LogP contribution is 2.52. The molecule has 0 aliphatic carbocycles. The van der Waals surface area contributed by atoms with Crippen molar-refractivity contribution >= 4 is 23.1 Å². The number of rotatable bonds is 0. The molecule has 2 nitrogen and oxygen atoms in total. The fourth-order valence-electron chi connectivity index (χ4n) is 2.87. The molecule has 0 aromatic heterocycles. The van der Waals surface area contributed by atoms with Crippen LogP contribution in [-0.2, 0) is 0 Å². The second-order valence-electron chi connectivity index (χ2n) is 4.81. The van der Waals surface area contributed by atoms with Crippen LogP contribution >= 0.6 is 11.8 Å². The van der Waals surface area contributed by atoms with Crippen molar-refractivity contribution in [2.45, 2.75) is 22.3 Å². The van der Waals surface area contributed by atoms with E-state index in [1.165, 1.54) is 26.7 Å². The molecule has 4 rings (SSSR count). The Bertz CT molecular complexity index is 624. The number of hydrogen-bond acceptors (Lipinski definition) is 3. The first-order valence-corrected chi connectivity index (χ1v) is 7.09. The normalized spacial score (nSPS) is 20.3. The molecule has 0 saturated carbocycles. The molecule has 0 amide bonds. The maximum atomic E-state index is 6.24. The molecule has 0 radical (unpaired) electrons. The standard InChI is InChI=1S/C15H14N2S/c16-11-8-9-17-12-5-1-2-6-13(12)18-14-7-3-4-10(11)15(14)17/h1-7,11H,8-9,16H2. The van der Waals surface area contributed by atoms with Crippen LogP contribution in [0.5, 0.6) is 0 Å². The van der Waals surface area contributed by atoms with Gasteiger partial charge in [0.25, 0.3) is 0 Å². The van der Waals surface area contributed by atoms with Crippen LogP contribution in [0.2, 0.25) is 0 Å². The van der Waals surface area contributed by atoms with Crippen molar-refractivity contribution in [1.29, 1.82) is 0 Å². The van der Waals surface area contributed by atoms with Crippen LogP contribution in [0.4, 0.5) is 11.4 Å². The molecule has 0 bridgehead atoms. The van der Waals surface area contributed by atoms with Gasteiger partial charge in [0.05, 0.1) is 11.4 Å². The van der Waals surface area contributed by atoms with Gasteiger partial charge < -0.3 is 10.6 Å². The van der Waals surface area contributed by atoms with Gasteiger partial charge in [-0.1, -0.05) is 36.0 Å². The van der Waals surface area contributed by atoms with E-state index in [0.29, 0.717) is 0 Å². The van der Waals surface area contributed by atoms with Crippen molar-refractivity contribution in [3.63, 3.8) is 0 Å². The molecule has 2 N–H and O–H groups in total. The zero-order chi connectivity index (χ0) is 12.1. The summed E-state index contributed by atoms with van der Waals surface area (Å²) in [5.41, 5.74) is 10.2. The Kier molecular flexibility index (Phi) is 2.19. The first kappa shape index (κ1) is 10.5. The number of nitrogens with two attached hydrogens (primary N) is 1. The molecular formula is C15H14N2S. The largest absolute Gasteiger partial charge is 0.339 e. The van der Waals surface area contributed by atoms with Gasteiger partial charge in [-0.2, -0.15) is 0 Å². The van der Waals surface area contributed by atoms with Crippen molar-refractivity contribution in [2.24, 2.45) is 5.73 Å². The molecule has 18 heavy (non-hydrogen) atoms. The lowest BCUT2D eigenvalue weighted by atomic mass is 9.96. The Labute approximate surface area is 111 Å². The van der Waals surface area contributed by atoms with Crippen LogP contribution in [-0.4, -0.2) is 6.54 Å². The van der Waals surface area contributed by atoms with Crippen LogP contribution in [0.3, 0.4) is 0 Å². The van der Waals surface area contributed by atoms with Gasteiger partial charge in [-0.05, 0) is 30.2 Å². The Morgan fingerprint density at radius 2 is 1.89 bits per heavy atom. The quantitative estimate of drug-likeness (QED) is 0.777. The lowest BCUT2D eigenvalue weighted by Gasteiger charge is -2.39. The van der Waals surface area contributed by atoms with Gasteiger partial charge in [0, 0.05) is 22.4 Å². The van der Waals surface area contributed by atoms with Gasteiger partial charge in [-0.25, -0.2) is 0 Å². The summed E-state index contributed by atoms with van der Waals surface area (Å²) in [6.45, 7) is 1.02. The highest BCUT2D eigenvalue weighted by molar-refractivity contribution is 7.99. The minimum absolute atomic E-state index is 0.182. The Morgan fingerprint density at radius 1 is 1.06 bits per heavy atom. The average Bonchev–Trinajstić information content (AvgIpc) is 2.42. The second kappa shape index (κ2) is 3.77. The molecule has 0 spiro atoms. The van der Waals surface area contributed by atoms with E-state index in [1.807, 2.05) is 11.8 Å². The third-order valence-electron chi connectivity index (χ3n) is 3.74. The van der Waals surface area contributed by atoms with E-state index < -0.39 is 0 Å². The van der Waals surface area contributed by atoms with Crippen molar-refractivity contribution in [3.05, 3.63) is 48.0 Å². The van der Waals surface area contributed by atoms with E-state index in [-0.39, 0.29) is 6.04 Å². The summed E-state index contributed by atoms with van der Waals surface area (Å²) in [6, 6.07) is 15.3. The fourth-order valence-corrected chi connectivity index (χ4v) is 4.01. The van der Waals surface area contributed by atoms with E-state index in [9.17, 15) is 0 Å². The van der Waals surface area contributed by atoms with E-state index in [2.05, 4.69) is 47.4 Å².